The molecule has 4 aromatic rings. The van der Waals surface area contributed by atoms with E-state index in [-0.39, 0.29) is 0 Å². The second-order valence-corrected chi connectivity index (χ2v) is 10.7. The molecule has 0 spiro atoms. The minimum Gasteiger partial charge on any atom is -0.309 e. The topological polar surface area (TPSA) is 61.7 Å². The zero-order valence-corrected chi connectivity index (χ0v) is 20.3. The zero-order chi connectivity index (χ0) is 23.6. The first kappa shape index (κ1) is 20.7. The molecule has 0 aliphatic carbocycles. The molecule has 36 heavy (non-hydrogen) atoms. The van der Waals surface area contributed by atoms with E-state index >= 15 is 0 Å². The van der Waals surface area contributed by atoms with Crippen LogP contribution in [0.3, 0.4) is 0 Å². The number of nitrogens with one attached hydrogen (secondary N) is 2. The Kier molecular flexibility index (Phi) is 4.64. The summed E-state index contributed by atoms with van der Waals surface area (Å²) in [6.45, 7) is 2.21. The lowest BCUT2D eigenvalue weighted by molar-refractivity contribution is 0.755. The number of aliphatic imine (C=N–C) groups is 2. The van der Waals surface area contributed by atoms with Gasteiger partial charge >= 0.3 is 0 Å². The maximum absolute atomic E-state index is 5.09. The lowest BCUT2D eigenvalue weighted by Gasteiger charge is -2.11. The van der Waals surface area contributed by atoms with E-state index in [0.29, 0.717) is 12.1 Å². The SMILES string of the molecule is c1cc2c3c(ccc2cc1-c1ccc2c4c(ccc2n1)N=C([C@@H]1CCCN1)C4)N=C([C@@H]1CCCN1)C3. The van der Waals surface area contributed by atoms with E-state index in [0.717, 1.165) is 54.1 Å². The largest absolute Gasteiger partial charge is 0.309 e. The number of pyridine rings is 1. The molecule has 4 aliphatic heterocycles. The molecular weight excluding hydrogens is 442 g/mol. The summed E-state index contributed by atoms with van der Waals surface area (Å²) in [4.78, 5) is 15.0. The molecule has 0 amide bonds. The minimum absolute atomic E-state index is 0.439. The Bertz CT molecular complexity index is 1480. The summed E-state index contributed by atoms with van der Waals surface area (Å²) < 4.78 is 0. The molecule has 2 fully saturated rings. The molecule has 2 N–H and O–H groups in total. The number of benzene rings is 3. The van der Waals surface area contributed by atoms with Crippen LogP contribution in [0.4, 0.5) is 11.4 Å². The van der Waals surface area contributed by atoms with Crippen molar-refractivity contribution >= 4 is 44.5 Å². The Morgan fingerprint density at radius 1 is 0.667 bits per heavy atom. The maximum Gasteiger partial charge on any atom is 0.0713 e. The Balaban J connectivity index is 1.11. The van der Waals surface area contributed by atoms with Crippen LogP contribution in [-0.2, 0) is 12.8 Å². The van der Waals surface area contributed by atoms with Crippen LogP contribution in [0, 0.1) is 0 Å². The Hall–Kier alpha value is -3.41. The fraction of sp³-hybridized carbons (Fsp3) is 0.323. The van der Waals surface area contributed by atoms with Crippen LogP contribution in [0.1, 0.15) is 36.8 Å². The fourth-order valence-corrected chi connectivity index (χ4v) is 6.63. The normalized spacial score (nSPS) is 22.8. The first-order valence-electron chi connectivity index (χ1n) is 13.4. The zero-order valence-electron chi connectivity index (χ0n) is 20.3. The molecule has 5 nitrogen and oxygen atoms in total. The first-order valence-corrected chi connectivity index (χ1v) is 13.4. The van der Waals surface area contributed by atoms with Gasteiger partial charge < -0.3 is 10.6 Å². The van der Waals surface area contributed by atoms with Crippen molar-refractivity contribution in [2.24, 2.45) is 9.98 Å². The van der Waals surface area contributed by atoms with E-state index in [9.17, 15) is 0 Å². The quantitative estimate of drug-likeness (QED) is 0.396. The van der Waals surface area contributed by atoms with Gasteiger partial charge in [0.25, 0.3) is 0 Å². The molecule has 2 saturated heterocycles. The number of hydrogen-bond acceptors (Lipinski definition) is 5. The van der Waals surface area contributed by atoms with E-state index in [4.69, 9.17) is 15.0 Å². The van der Waals surface area contributed by atoms with Crippen LogP contribution in [-0.4, -0.2) is 41.6 Å². The van der Waals surface area contributed by atoms with Crippen molar-refractivity contribution in [3.8, 4) is 11.3 Å². The van der Waals surface area contributed by atoms with E-state index in [1.807, 2.05) is 0 Å². The van der Waals surface area contributed by atoms with Gasteiger partial charge in [-0.3, -0.25) is 9.98 Å². The molecule has 0 bridgehead atoms. The molecule has 1 aromatic heterocycles. The van der Waals surface area contributed by atoms with Crippen molar-refractivity contribution in [2.45, 2.75) is 50.6 Å². The van der Waals surface area contributed by atoms with Crippen molar-refractivity contribution in [3.63, 3.8) is 0 Å². The lowest BCUT2D eigenvalue weighted by Crippen LogP contribution is -2.30. The predicted octanol–water partition coefficient (Wildman–Crippen LogP) is 5.82. The minimum atomic E-state index is 0.439. The van der Waals surface area contributed by atoms with E-state index in [2.05, 4.69) is 65.2 Å². The number of fused-ring (bicyclic) bond motifs is 6. The number of hydrogen-bond donors (Lipinski definition) is 2. The Morgan fingerprint density at radius 3 is 2.03 bits per heavy atom. The lowest BCUT2D eigenvalue weighted by atomic mass is 9.96. The molecular formula is C31H29N5. The van der Waals surface area contributed by atoms with Gasteiger partial charge in [0.2, 0.25) is 0 Å². The third-order valence-corrected chi connectivity index (χ3v) is 8.53. The van der Waals surface area contributed by atoms with Crippen molar-refractivity contribution in [3.05, 3.63) is 65.7 Å². The number of aromatic nitrogens is 1. The molecule has 5 heterocycles. The summed E-state index contributed by atoms with van der Waals surface area (Å²) in [6, 6.07) is 20.8. The van der Waals surface area contributed by atoms with Crippen molar-refractivity contribution in [1.82, 2.24) is 15.6 Å². The van der Waals surface area contributed by atoms with Crippen molar-refractivity contribution in [1.29, 1.82) is 0 Å². The van der Waals surface area contributed by atoms with E-state index in [1.54, 1.807) is 0 Å². The molecule has 0 radical (unpaired) electrons. The van der Waals surface area contributed by atoms with Crippen LogP contribution in [0.25, 0.3) is 32.9 Å². The summed E-state index contributed by atoms with van der Waals surface area (Å²) >= 11 is 0. The second-order valence-electron chi connectivity index (χ2n) is 10.7. The molecule has 3 aromatic carbocycles. The molecule has 8 rings (SSSR count). The van der Waals surface area contributed by atoms with Crippen LogP contribution < -0.4 is 10.6 Å². The molecule has 0 unspecified atom stereocenters. The van der Waals surface area contributed by atoms with Gasteiger partial charge in [0, 0.05) is 47.3 Å². The first-order chi connectivity index (χ1) is 17.8. The highest BCUT2D eigenvalue weighted by Crippen LogP contribution is 2.38. The average molecular weight is 472 g/mol. The van der Waals surface area contributed by atoms with Gasteiger partial charge in [0.1, 0.15) is 0 Å². The van der Waals surface area contributed by atoms with Gasteiger partial charge in [-0.25, -0.2) is 4.98 Å². The molecule has 2 atom stereocenters. The van der Waals surface area contributed by atoms with Crippen LogP contribution in [0.2, 0.25) is 0 Å². The van der Waals surface area contributed by atoms with Crippen molar-refractivity contribution < 1.29 is 0 Å². The molecule has 0 saturated carbocycles. The van der Waals surface area contributed by atoms with Gasteiger partial charge in [-0.05, 0) is 91.0 Å². The summed E-state index contributed by atoms with van der Waals surface area (Å²) in [5.74, 6) is 0. The predicted molar refractivity (Wildman–Crippen MR) is 148 cm³/mol. The summed E-state index contributed by atoms with van der Waals surface area (Å²) in [5.41, 5.74) is 10.8. The number of nitrogens with zero attached hydrogens (tertiary/aromatic N) is 3. The smallest absolute Gasteiger partial charge is 0.0713 e. The van der Waals surface area contributed by atoms with Gasteiger partial charge in [-0.2, -0.15) is 0 Å². The highest BCUT2D eigenvalue weighted by atomic mass is 15.0. The average Bonchev–Trinajstić information content (AvgIpc) is 3.73. The van der Waals surface area contributed by atoms with Gasteiger partial charge in [-0.15, -0.1) is 0 Å². The van der Waals surface area contributed by atoms with Crippen LogP contribution in [0.5, 0.6) is 0 Å². The van der Waals surface area contributed by atoms with Crippen molar-refractivity contribution in [2.75, 3.05) is 13.1 Å². The Labute approximate surface area is 210 Å². The number of rotatable bonds is 3. The summed E-state index contributed by atoms with van der Waals surface area (Å²) in [7, 11) is 0. The van der Waals surface area contributed by atoms with Gasteiger partial charge in [0.15, 0.2) is 0 Å². The molecule has 4 aliphatic rings. The summed E-state index contributed by atoms with van der Waals surface area (Å²) in [6.07, 6.45) is 6.79. The third kappa shape index (κ3) is 3.26. The van der Waals surface area contributed by atoms with Gasteiger partial charge in [0.05, 0.1) is 22.6 Å². The van der Waals surface area contributed by atoms with Gasteiger partial charge in [-0.1, -0.05) is 24.3 Å². The molecule has 5 heteroatoms. The standard InChI is InChI=1S/C31H29N5/c1-3-28(32-13-1)30-16-22-20-7-5-19(15-18(20)6-9-26(22)35-30)24-10-8-21-23-17-31(29-4-2-14-33-29)36-27(23)12-11-25(21)34-24/h5-12,15,28-29,32-33H,1-4,13-14,16-17H2/t28-,29-/m0/s1. The van der Waals surface area contributed by atoms with E-state index in [1.165, 1.54) is 64.4 Å². The summed E-state index contributed by atoms with van der Waals surface area (Å²) in [5, 5.41) is 11.0. The van der Waals surface area contributed by atoms with Crippen LogP contribution >= 0.6 is 0 Å². The van der Waals surface area contributed by atoms with E-state index < -0.39 is 0 Å². The van der Waals surface area contributed by atoms with Crippen LogP contribution in [0.15, 0.2) is 64.6 Å². The monoisotopic (exact) mass is 471 g/mol. The molecule has 178 valence electrons. The maximum atomic E-state index is 5.09. The second kappa shape index (κ2) is 8.05. The highest BCUT2D eigenvalue weighted by molar-refractivity contribution is 6.05. The Morgan fingerprint density at radius 2 is 1.33 bits per heavy atom. The highest BCUT2D eigenvalue weighted by Gasteiger charge is 2.27. The third-order valence-electron chi connectivity index (χ3n) is 8.53. The fourth-order valence-electron chi connectivity index (χ4n) is 6.63.